The molecule has 0 atom stereocenters. The van der Waals surface area contributed by atoms with Crippen LogP contribution in [0.1, 0.15) is 31.7 Å². The molecule has 1 aliphatic rings. The first-order chi connectivity index (χ1) is 13.7. The molecular formula is C23H25N3O2. The number of carbonyl (C=O) groups excluding carboxylic acids is 1. The van der Waals surface area contributed by atoms with Crippen molar-refractivity contribution in [1.29, 1.82) is 5.26 Å². The summed E-state index contributed by atoms with van der Waals surface area (Å²) in [6.07, 6.45) is 5.36. The Morgan fingerprint density at radius 1 is 1.18 bits per heavy atom. The number of rotatable bonds is 6. The Kier molecular flexibility index (Phi) is 6.69. The van der Waals surface area contributed by atoms with Crippen LogP contribution in [-0.4, -0.2) is 25.6 Å². The Balaban J connectivity index is 1.69. The Bertz CT molecular complexity index is 875. The van der Waals surface area contributed by atoms with Gasteiger partial charge in [0.15, 0.2) is 0 Å². The topological polar surface area (TPSA) is 65.4 Å². The molecule has 5 heteroatoms. The number of nitrogens with one attached hydrogen (secondary N) is 1. The monoisotopic (exact) mass is 375 g/mol. The van der Waals surface area contributed by atoms with Crippen molar-refractivity contribution in [3.8, 4) is 11.8 Å². The molecule has 0 radical (unpaired) electrons. The molecule has 1 amide bonds. The Morgan fingerprint density at radius 2 is 1.93 bits per heavy atom. The van der Waals surface area contributed by atoms with Crippen LogP contribution in [0, 0.1) is 11.3 Å². The van der Waals surface area contributed by atoms with Crippen molar-refractivity contribution in [1.82, 2.24) is 0 Å². The van der Waals surface area contributed by atoms with E-state index in [4.69, 9.17) is 4.74 Å². The Morgan fingerprint density at radius 3 is 2.61 bits per heavy atom. The molecule has 1 N–H and O–H groups in total. The minimum Gasteiger partial charge on any atom is -0.494 e. The second-order valence-electron chi connectivity index (χ2n) is 6.72. The van der Waals surface area contributed by atoms with Crippen molar-refractivity contribution < 1.29 is 9.53 Å². The summed E-state index contributed by atoms with van der Waals surface area (Å²) in [5.41, 5.74) is 2.67. The van der Waals surface area contributed by atoms with Crippen LogP contribution in [0.15, 0.2) is 54.1 Å². The van der Waals surface area contributed by atoms with Crippen molar-refractivity contribution >= 4 is 23.4 Å². The van der Waals surface area contributed by atoms with E-state index in [1.807, 2.05) is 31.2 Å². The number of piperidine rings is 1. The molecule has 0 unspecified atom stereocenters. The van der Waals surface area contributed by atoms with Crippen LogP contribution in [0.5, 0.6) is 5.75 Å². The highest BCUT2D eigenvalue weighted by molar-refractivity contribution is 6.09. The second-order valence-corrected chi connectivity index (χ2v) is 6.72. The van der Waals surface area contributed by atoms with Gasteiger partial charge in [-0.1, -0.05) is 18.2 Å². The zero-order chi connectivity index (χ0) is 19.8. The highest BCUT2D eigenvalue weighted by atomic mass is 16.5. The van der Waals surface area contributed by atoms with E-state index in [1.165, 1.54) is 24.9 Å². The van der Waals surface area contributed by atoms with E-state index < -0.39 is 5.91 Å². The smallest absolute Gasteiger partial charge is 0.266 e. The number of benzene rings is 2. The standard InChI is InChI=1S/C23H25N3O2/c1-2-28-22-8-6-7-20(16-22)25-23(27)19(17-24)15-18-9-11-21(12-10-18)26-13-4-3-5-14-26/h6-12,15-16H,2-5,13-14H2,1H3,(H,25,27)/b19-15-. The van der Waals surface area contributed by atoms with E-state index in [1.54, 1.807) is 24.3 Å². The van der Waals surface area contributed by atoms with Crippen LogP contribution in [0.2, 0.25) is 0 Å². The summed E-state index contributed by atoms with van der Waals surface area (Å²) in [4.78, 5) is 14.9. The highest BCUT2D eigenvalue weighted by Crippen LogP contribution is 2.22. The van der Waals surface area contributed by atoms with E-state index in [-0.39, 0.29) is 5.57 Å². The summed E-state index contributed by atoms with van der Waals surface area (Å²) in [5.74, 6) is 0.243. The van der Waals surface area contributed by atoms with Gasteiger partial charge in [-0.25, -0.2) is 0 Å². The largest absolute Gasteiger partial charge is 0.494 e. The maximum Gasteiger partial charge on any atom is 0.266 e. The molecular weight excluding hydrogens is 350 g/mol. The molecule has 3 rings (SSSR count). The number of hydrogen-bond donors (Lipinski definition) is 1. The fraction of sp³-hybridized carbons (Fsp3) is 0.304. The molecule has 0 aromatic heterocycles. The summed E-state index contributed by atoms with van der Waals surface area (Å²) in [5, 5.41) is 12.2. The molecule has 1 heterocycles. The van der Waals surface area contributed by atoms with Crippen LogP contribution in [0.25, 0.3) is 6.08 Å². The summed E-state index contributed by atoms with van der Waals surface area (Å²) in [6.45, 7) is 4.62. The number of amides is 1. The van der Waals surface area contributed by atoms with Crippen LogP contribution in [-0.2, 0) is 4.79 Å². The third-order valence-corrected chi connectivity index (χ3v) is 4.69. The predicted octanol–water partition coefficient (Wildman–Crippen LogP) is 4.62. The molecule has 1 saturated heterocycles. The average Bonchev–Trinajstić information content (AvgIpc) is 2.73. The maximum absolute atomic E-state index is 12.5. The molecule has 2 aromatic carbocycles. The minimum atomic E-state index is -0.434. The fourth-order valence-electron chi connectivity index (χ4n) is 3.28. The first-order valence-electron chi connectivity index (χ1n) is 9.70. The van der Waals surface area contributed by atoms with Gasteiger partial charge in [-0.05, 0) is 62.1 Å². The maximum atomic E-state index is 12.5. The number of carbonyl (C=O) groups is 1. The van der Waals surface area contributed by atoms with Gasteiger partial charge in [0, 0.05) is 30.5 Å². The van der Waals surface area contributed by atoms with E-state index in [2.05, 4.69) is 22.3 Å². The minimum absolute atomic E-state index is 0.0625. The number of anilines is 2. The predicted molar refractivity (Wildman–Crippen MR) is 112 cm³/mol. The number of nitriles is 1. The molecule has 0 bridgehead atoms. The first kappa shape index (κ1) is 19.5. The van der Waals surface area contributed by atoms with E-state index in [9.17, 15) is 10.1 Å². The SMILES string of the molecule is CCOc1cccc(NC(=O)/C(C#N)=C\c2ccc(N3CCCCC3)cc2)c1. The zero-order valence-corrected chi connectivity index (χ0v) is 16.1. The van der Waals surface area contributed by atoms with Crippen LogP contribution < -0.4 is 15.0 Å². The molecule has 2 aromatic rings. The van der Waals surface area contributed by atoms with Gasteiger partial charge < -0.3 is 15.0 Å². The third kappa shape index (κ3) is 5.14. The summed E-state index contributed by atoms with van der Waals surface area (Å²) in [7, 11) is 0. The lowest BCUT2D eigenvalue weighted by atomic mass is 10.1. The summed E-state index contributed by atoms with van der Waals surface area (Å²) < 4.78 is 5.44. The highest BCUT2D eigenvalue weighted by Gasteiger charge is 2.12. The fourth-order valence-corrected chi connectivity index (χ4v) is 3.28. The zero-order valence-electron chi connectivity index (χ0n) is 16.1. The number of ether oxygens (including phenoxy) is 1. The first-order valence-corrected chi connectivity index (χ1v) is 9.70. The molecule has 0 spiro atoms. The van der Waals surface area contributed by atoms with Crippen LogP contribution in [0.3, 0.4) is 0 Å². The van der Waals surface area contributed by atoms with Crippen LogP contribution >= 0.6 is 0 Å². The van der Waals surface area contributed by atoms with Gasteiger partial charge in [0.05, 0.1) is 6.61 Å². The van der Waals surface area contributed by atoms with Crippen molar-refractivity contribution in [3.63, 3.8) is 0 Å². The quantitative estimate of drug-likeness (QED) is 0.591. The lowest BCUT2D eigenvalue weighted by Gasteiger charge is -2.28. The van der Waals surface area contributed by atoms with E-state index in [0.29, 0.717) is 18.0 Å². The van der Waals surface area contributed by atoms with Gasteiger partial charge in [-0.2, -0.15) is 5.26 Å². The third-order valence-electron chi connectivity index (χ3n) is 4.69. The lowest BCUT2D eigenvalue weighted by molar-refractivity contribution is -0.112. The van der Waals surface area contributed by atoms with Gasteiger partial charge in [0.2, 0.25) is 0 Å². The summed E-state index contributed by atoms with van der Waals surface area (Å²) >= 11 is 0. The van der Waals surface area contributed by atoms with Crippen molar-refractivity contribution in [3.05, 3.63) is 59.7 Å². The van der Waals surface area contributed by atoms with Gasteiger partial charge >= 0.3 is 0 Å². The second kappa shape index (κ2) is 9.61. The molecule has 0 aliphatic carbocycles. The van der Waals surface area contributed by atoms with Gasteiger partial charge in [0.1, 0.15) is 17.4 Å². The van der Waals surface area contributed by atoms with Gasteiger partial charge in [-0.15, -0.1) is 0 Å². The van der Waals surface area contributed by atoms with Crippen molar-refractivity contribution in [2.45, 2.75) is 26.2 Å². The van der Waals surface area contributed by atoms with E-state index >= 15 is 0 Å². The lowest BCUT2D eigenvalue weighted by Crippen LogP contribution is -2.29. The average molecular weight is 375 g/mol. The van der Waals surface area contributed by atoms with E-state index in [0.717, 1.165) is 18.7 Å². The number of nitrogens with zero attached hydrogens (tertiary/aromatic N) is 2. The van der Waals surface area contributed by atoms with Crippen molar-refractivity contribution in [2.24, 2.45) is 0 Å². The molecule has 5 nitrogen and oxygen atoms in total. The Labute approximate surface area is 166 Å². The molecule has 1 fully saturated rings. The molecule has 1 aliphatic heterocycles. The van der Waals surface area contributed by atoms with Gasteiger partial charge in [-0.3, -0.25) is 4.79 Å². The van der Waals surface area contributed by atoms with Crippen LogP contribution in [0.4, 0.5) is 11.4 Å². The molecule has 144 valence electrons. The normalized spacial score (nSPS) is 14.3. The van der Waals surface area contributed by atoms with Gasteiger partial charge in [0.25, 0.3) is 5.91 Å². The summed E-state index contributed by atoms with van der Waals surface area (Å²) in [6, 6.07) is 17.1. The van der Waals surface area contributed by atoms with Crippen molar-refractivity contribution in [2.75, 3.05) is 29.9 Å². The number of hydrogen-bond acceptors (Lipinski definition) is 4. The molecule has 28 heavy (non-hydrogen) atoms. The molecule has 0 saturated carbocycles. The Hall–Kier alpha value is -3.26.